The van der Waals surface area contributed by atoms with E-state index in [0.29, 0.717) is 0 Å². The van der Waals surface area contributed by atoms with Crippen molar-refractivity contribution in [3.8, 4) is 0 Å². The first-order valence-corrected chi connectivity index (χ1v) is 2.28. The van der Waals surface area contributed by atoms with E-state index in [9.17, 15) is 0 Å². The molecule has 0 heterocycles. The Kier molecular flexibility index (Phi) is 31.4. The summed E-state index contributed by atoms with van der Waals surface area (Å²) in [6.07, 6.45) is 0.883. The molecule has 0 aliphatic heterocycles. The van der Waals surface area contributed by atoms with Crippen molar-refractivity contribution >= 4 is 23.1 Å². The van der Waals surface area contributed by atoms with E-state index in [4.69, 9.17) is 4.74 Å². The van der Waals surface area contributed by atoms with Crippen molar-refractivity contribution in [2.75, 3.05) is 13.2 Å². The van der Waals surface area contributed by atoms with Crippen molar-refractivity contribution in [3.63, 3.8) is 0 Å². The van der Waals surface area contributed by atoms with Gasteiger partial charge in [-0.1, -0.05) is 0 Å². The Morgan fingerprint density at radius 2 is 2.00 bits per heavy atom. The zero-order valence-corrected chi connectivity index (χ0v) is 7.49. The quantitative estimate of drug-likeness (QED) is 0.251. The average Bonchev–Trinajstić information content (AvgIpc) is 1.61. The summed E-state index contributed by atoms with van der Waals surface area (Å²) >= 11 is 0. The Morgan fingerprint density at radius 1 is 1.50 bits per heavy atom. The van der Waals surface area contributed by atoms with Crippen LogP contribution in [0.1, 0.15) is 13.3 Å². The van der Waals surface area contributed by atoms with Crippen LogP contribution in [0.4, 0.5) is 0 Å². The number of halogens is 1. The predicted octanol–water partition coefficient (Wildman–Crippen LogP) is -2.13. The molecule has 3 heteroatoms. The average molecular weight is 147 g/mol. The number of hydrogen-bond donors (Lipinski definition) is 0. The topological polar surface area (TPSA) is 9.23 Å². The predicted molar refractivity (Wildman–Crippen MR) is 32.2 cm³/mol. The summed E-state index contributed by atoms with van der Waals surface area (Å²) in [7, 11) is 0. The summed E-state index contributed by atoms with van der Waals surface area (Å²) in [6.45, 7) is 7.20. The van der Waals surface area contributed by atoms with Crippen LogP contribution in [0.2, 0.25) is 0 Å². The Labute approximate surface area is 73.7 Å². The minimum atomic E-state index is 0. The van der Waals surface area contributed by atoms with Crippen LogP contribution in [0.15, 0.2) is 0 Å². The molecule has 0 aliphatic rings. The normalized spacial score (nSPS) is 6.75. The number of rotatable bonds is 3. The first-order chi connectivity index (χ1) is 2.91. The Balaban J connectivity index is -0.000000125. The van der Waals surface area contributed by atoms with Crippen molar-refractivity contribution in [1.29, 1.82) is 0 Å². The van der Waals surface area contributed by atoms with Gasteiger partial charge in [-0.05, 0) is 6.92 Å². The van der Waals surface area contributed by atoms with E-state index in [1.54, 1.807) is 0 Å². The molecule has 0 radical (unpaired) electrons. The molecule has 0 aliphatic carbocycles. The molecule has 8 heavy (non-hydrogen) atoms. The van der Waals surface area contributed by atoms with Gasteiger partial charge in [-0.15, -0.1) is 0 Å². The molecule has 0 saturated heterocycles. The van der Waals surface area contributed by atoms with E-state index in [2.05, 4.69) is 6.92 Å². The maximum atomic E-state index is 4.92. The first-order valence-electron chi connectivity index (χ1n) is 2.28. The molecule has 0 N–H and O–H groups in total. The molecule has 0 unspecified atom stereocenters. The van der Waals surface area contributed by atoms with Gasteiger partial charge in [0.15, 0.2) is 0 Å². The fourth-order valence-electron chi connectivity index (χ4n) is 0.246. The van der Waals surface area contributed by atoms with Gasteiger partial charge in [0.25, 0.3) is 0 Å². The zero-order valence-electron chi connectivity index (χ0n) is 5.32. The molecule has 0 saturated carbocycles. The van der Waals surface area contributed by atoms with Gasteiger partial charge in [-0.3, -0.25) is 0 Å². The molecule has 0 fully saturated rings. The van der Waals surface area contributed by atoms with Gasteiger partial charge in [0.05, 0.1) is 0 Å². The second-order valence-electron chi connectivity index (χ2n) is 1.05. The molecule has 1 nitrogen and oxygen atoms in total. The summed E-state index contributed by atoms with van der Waals surface area (Å²) in [4.78, 5) is 0. The van der Waals surface area contributed by atoms with E-state index in [1.807, 2.05) is 6.92 Å². The van der Waals surface area contributed by atoms with Crippen LogP contribution in [0.5, 0.6) is 0 Å². The summed E-state index contributed by atoms with van der Waals surface area (Å²) in [5.41, 5.74) is 0. The van der Waals surface area contributed by atoms with Crippen LogP contribution in [0.3, 0.4) is 0 Å². The molecule has 0 atom stereocenters. The van der Waals surface area contributed by atoms with Crippen LogP contribution in [-0.2, 0) is 4.74 Å². The molecule has 46 valence electrons. The second-order valence-corrected chi connectivity index (χ2v) is 1.05. The summed E-state index contributed by atoms with van der Waals surface area (Å²) < 4.78 is 4.92. The molecule has 0 amide bonds. The molecule has 0 aromatic heterocycles. The maximum absolute atomic E-state index is 4.92. The minimum Gasteiger partial charge on any atom is -1.00 e. The fourth-order valence-corrected chi connectivity index (χ4v) is 0.246. The third kappa shape index (κ3) is 15.7. The van der Waals surface area contributed by atoms with Crippen molar-refractivity contribution in [2.24, 2.45) is 0 Å². The maximum Gasteiger partial charge on any atom is 2.00 e. The third-order valence-electron chi connectivity index (χ3n) is 0.493. The number of hydrogen-bond acceptors (Lipinski definition) is 1. The van der Waals surface area contributed by atoms with Crippen LogP contribution >= 0.6 is 0 Å². The van der Waals surface area contributed by atoms with Crippen LogP contribution in [0, 0.1) is 6.92 Å². The van der Waals surface area contributed by atoms with Gasteiger partial charge in [0, 0.05) is 13.2 Å². The van der Waals surface area contributed by atoms with E-state index >= 15 is 0 Å². The minimum absolute atomic E-state index is 0. The van der Waals surface area contributed by atoms with E-state index in [-0.39, 0.29) is 35.5 Å². The van der Waals surface area contributed by atoms with Crippen LogP contribution in [-0.4, -0.2) is 36.3 Å². The summed E-state index contributed by atoms with van der Waals surface area (Å²) in [5.74, 6) is 0. The van der Waals surface area contributed by atoms with Gasteiger partial charge in [-0.25, -0.2) is 0 Å². The monoisotopic (exact) mass is 146 g/mol. The molecule has 0 rings (SSSR count). The molecular formula is C5H11ClMgO. The second kappa shape index (κ2) is 15.7. The first kappa shape index (κ1) is 16.0. The van der Waals surface area contributed by atoms with Gasteiger partial charge >= 0.3 is 23.1 Å². The van der Waals surface area contributed by atoms with Crippen molar-refractivity contribution in [3.05, 3.63) is 6.92 Å². The Morgan fingerprint density at radius 3 is 2.12 bits per heavy atom. The van der Waals surface area contributed by atoms with Gasteiger partial charge in [-0.2, -0.15) is 6.42 Å². The van der Waals surface area contributed by atoms with Crippen LogP contribution < -0.4 is 12.4 Å². The third-order valence-corrected chi connectivity index (χ3v) is 0.493. The van der Waals surface area contributed by atoms with Gasteiger partial charge in [0.1, 0.15) is 0 Å². The molecule has 0 bridgehead atoms. The smallest absolute Gasteiger partial charge is 1.00 e. The Bertz CT molecular complexity index is 24.4. The van der Waals surface area contributed by atoms with Crippen molar-refractivity contribution in [1.82, 2.24) is 0 Å². The van der Waals surface area contributed by atoms with E-state index in [1.165, 1.54) is 0 Å². The molecule has 0 aromatic carbocycles. The van der Waals surface area contributed by atoms with Crippen LogP contribution in [0.25, 0.3) is 0 Å². The standard InChI is InChI=1S/C5H11O.ClH.Mg/c1-3-5-6-4-2;;/h1,3-5H2,2H3;1H;/q-1;;+2/p-1. The van der Waals surface area contributed by atoms with Crippen molar-refractivity contribution in [2.45, 2.75) is 13.3 Å². The van der Waals surface area contributed by atoms with Gasteiger partial charge in [0.2, 0.25) is 0 Å². The fraction of sp³-hybridized carbons (Fsp3) is 0.800. The van der Waals surface area contributed by atoms with Gasteiger partial charge < -0.3 is 24.1 Å². The largest absolute Gasteiger partial charge is 2.00 e. The summed E-state index contributed by atoms with van der Waals surface area (Å²) in [5, 5.41) is 0. The SMILES string of the molecule is [CH2-]CCOCC.[Cl-].[Mg+2]. The molecular weight excluding hydrogens is 136 g/mol. The molecule has 0 aromatic rings. The Hall–Kier alpha value is 1.02. The molecule has 0 spiro atoms. The number of ether oxygens (including phenoxy) is 1. The summed E-state index contributed by atoms with van der Waals surface area (Å²) in [6, 6.07) is 0. The zero-order chi connectivity index (χ0) is 4.83. The van der Waals surface area contributed by atoms with Crippen molar-refractivity contribution < 1.29 is 17.1 Å². The van der Waals surface area contributed by atoms with E-state index in [0.717, 1.165) is 19.6 Å². The van der Waals surface area contributed by atoms with E-state index < -0.39 is 0 Å².